The molecule has 1 aliphatic carbocycles. The number of nitrogens with one attached hydrogen (secondary N) is 2. The highest BCUT2D eigenvalue weighted by Gasteiger charge is 2.27. The van der Waals surface area contributed by atoms with Crippen molar-refractivity contribution in [2.45, 2.75) is 25.7 Å². The largest absolute Gasteiger partial charge is 0.426 e. The number of para-hydroxylation sites is 1. The molecular formula is C15H22ClN3O2. The SMILES string of the molecule is Cl.N=C(N)NC[C@H]1CC[C@H](C(=O)Oc2ccccc2)CC1. The molecule has 21 heavy (non-hydrogen) atoms. The number of guanidine groups is 1. The van der Waals surface area contributed by atoms with Gasteiger partial charge in [0.15, 0.2) is 5.96 Å². The molecule has 0 spiro atoms. The molecule has 0 amide bonds. The van der Waals surface area contributed by atoms with E-state index >= 15 is 0 Å². The monoisotopic (exact) mass is 311 g/mol. The van der Waals surface area contributed by atoms with E-state index in [-0.39, 0.29) is 30.3 Å². The summed E-state index contributed by atoms with van der Waals surface area (Å²) in [5.74, 6) is 0.964. The summed E-state index contributed by atoms with van der Waals surface area (Å²) in [6.07, 6.45) is 3.62. The van der Waals surface area contributed by atoms with Crippen molar-refractivity contribution >= 4 is 24.3 Å². The van der Waals surface area contributed by atoms with Gasteiger partial charge < -0.3 is 15.8 Å². The zero-order chi connectivity index (χ0) is 14.4. The smallest absolute Gasteiger partial charge is 0.314 e. The summed E-state index contributed by atoms with van der Waals surface area (Å²) in [6, 6.07) is 9.19. The first-order chi connectivity index (χ1) is 9.65. The predicted molar refractivity (Wildman–Crippen MR) is 84.7 cm³/mol. The lowest BCUT2D eigenvalue weighted by molar-refractivity contribution is -0.140. The van der Waals surface area contributed by atoms with Gasteiger partial charge in [0.1, 0.15) is 5.75 Å². The molecule has 2 rings (SSSR count). The van der Waals surface area contributed by atoms with E-state index in [2.05, 4.69) is 5.32 Å². The minimum absolute atomic E-state index is 0. The zero-order valence-corrected chi connectivity index (χ0v) is 12.7. The number of rotatable bonds is 4. The number of nitrogens with two attached hydrogens (primary N) is 1. The lowest BCUT2D eigenvalue weighted by Crippen LogP contribution is -2.36. The van der Waals surface area contributed by atoms with E-state index in [1.54, 1.807) is 12.1 Å². The molecule has 4 N–H and O–H groups in total. The molecule has 0 bridgehead atoms. The van der Waals surface area contributed by atoms with Crippen LogP contribution in [0.4, 0.5) is 0 Å². The first kappa shape index (κ1) is 17.3. The first-order valence-electron chi connectivity index (χ1n) is 7.00. The summed E-state index contributed by atoms with van der Waals surface area (Å²) >= 11 is 0. The molecule has 0 heterocycles. The molecule has 0 atom stereocenters. The fourth-order valence-electron chi connectivity index (χ4n) is 2.54. The zero-order valence-electron chi connectivity index (χ0n) is 11.9. The van der Waals surface area contributed by atoms with Gasteiger partial charge in [-0.05, 0) is 43.7 Å². The van der Waals surface area contributed by atoms with Crippen molar-refractivity contribution in [1.29, 1.82) is 5.41 Å². The maximum atomic E-state index is 12.0. The molecule has 1 saturated carbocycles. The van der Waals surface area contributed by atoms with Crippen molar-refractivity contribution in [2.75, 3.05) is 6.54 Å². The van der Waals surface area contributed by atoms with Crippen LogP contribution in [0, 0.1) is 17.2 Å². The number of carbonyl (C=O) groups is 1. The van der Waals surface area contributed by atoms with Crippen molar-refractivity contribution in [2.24, 2.45) is 17.6 Å². The van der Waals surface area contributed by atoms with E-state index in [0.29, 0.717) is 11.7 Å². The van der Waals surface area contributed by atoms with Crippen LogP contribution in [0.1, 0.15) is 25.7 Å². The predicted octanol–water partition coefficient (Wildman–Crippen LogP) is 2.30. The van der Waals surface area contributed by atoms with E-state index in [9.17, 15) is 4.79 Å². The van der Waals surface area contributed by atoms with E-state index in [1.165, 1.54) is 0 Å². The van der Waals surface area contributed by atoms with Crippen LogP contribution in [0.15, 0.2) is 30.3 Å². The molecule has 0 radical (unpaired) electrons. The first-order valence-corrected chi connectivity index (χ1v) is 7.00. The Labute approximate surface area is 131 Å². The van der Waals surface area contributed by atoms with Crippen molar-refractivity contribution in [1.82, 2.24) is 5.32 Å². The summed E-state index contributed by atoms with van der Waals surface area (Å²) in [5, 5.41) is 9.98. The Morgan fingerprint density at radius 1 is 1.24 bits per heavy atom. The van der Waals surface area contributed by atoms with Crippen LogP contribution in [0.2, 0.25) is 0 Å². The van der Waals surface area contributed by atoms with Gasteiger partial charge in [0.25, 0.3) is 0 Å². The maximum absolute atomic E-state index is 12.0. The molecule has 0 aliphatic heterocycles. The highest BCUT2D eigenvalue weighted by atomic mass is 35.5. The molecule has 0 aromatic heterocycles. The van der Waals surface area contributed by atoms with Gasteiger partial charge >= 0.3 is 5.97 Å². The lowest BCUT2D eigenvalue weighted by Gasteiger charge is -2.27. The van der Waals surface area contributed by atoms with Crippen LogP contribution >= 0.6 is 12.4 Å². The molecule has 1 aromatic rings. The third-order valence-electron chi connectivity index (χ3n) is 3.72. The van der Waals surface area contributed by atoms with Gasteiger partial charge in [0, 0.05) is 6.54 Å². The molecule has 1 fully saturated rings. The number of ether oxygens (including phenoxy) is 1. The van der Waals surface area contributed by atoms with Crippen LogP contribution in [-0.2, 0) is 4.79 Å². The van der Waals surface area contributed by atoms with Gasteiger partial charge in [0.05, 0.1) is 5.92 Å². The third-order valence-corrected chi connectivity index (χ3v) is 3.72. The van der Waals surface area contributed by atoms with Gasteiger partial charge in [-0.1, -0.05) is 18.2 Å². The minimum Gasteiger partial charge on any atom is -0.426 e. The minimum atomic E-state index is -0.130. The topological polar surface area (TPSA) is 88.2 Å². The Bertz CT molecular complexity index is 459. The number of carbonyl (C=O) groups excluding carboxylic acids is 1. The van der Waals surface area contributed by atoms with Crippen molar-refractivity contribution in [3.63, 3.8) is 0 Å². The summed E-state index contributed by atoms with van der Waals surface area (Å²) in [5.41, 5.74) is 5.27. The van der Waals surface area contributed by atoms with Crippen molar-refractivity contribution in [3.8, 4) is 5.75 Å². The lowest BCUT2D eigenvalue weighted by atomic mass is 9.82. The summed E-state index contributed by atoms with van der Waals surface area (Å²) in [4.78, 5) is 12.0. The molecule has 0 saturated heterocycles. The van der Waals surface area contributed by atoms with Crippen LogP contribution in [0.25, 0.3) is 0 Å². The van der Waals surface area contributed by atoms with Crippen LogP contribution < -0.4 is 15.8 Å². The van der Waals surface area contributed by atoms with Gasteiger partial charge in [-0.25, -0.2) is 0 Å². The van der Waals surface area contributed by atoms with E-state index in [4.69, 9.17) is 15.9 Å². The second kappa shape index (κ2) is 8.52. The Kier molecular flexibility index (Phi) is 7.02. The van der Waals surface area contributed by atoms with E-state index < -0.39 is 0 Å². The maximum Gasteiger partial charge on any atom is 0.314 e. The van der Waals surface area contributed by atoms with Gasteiger partial charge in [-0.15, -0.1) is 12.4 Å². The quantitative estimate of drug-likeness (QED) is 0.344. The van der Waals surface area contributed by atoms with E-state index in [1.807, 2.05) is 18.2 Å². The molecule has 6 heteroatoms. The number of halogens is 1. The average molecular weight is 312 g/mol. The third kappa shape index (κ3) is 5.63. The number of hydrogen-bond donors (Lipinski definition) is 3. The molecular weight excluding hydrogens is 290 g/mol. The van der Waals surface area contributed by atoms with Gasteiger partial charge in [-0.3, -0.25) is 10.2 Å². The highest BCUT2D eigenvalue weighted by molar-refractivity contribution is 5.85. The molecule has 0 unspecified atom stereocenters. The van der Waals surface area contributed by atoms with Crippen molar-refractivity contribution in [3.05, 3.63) is 30.3 Å². The standard InChI is InChI=1S/C15H21N3O2.ClH/c16-15(17)18-10-11-6-8-12(9-7-11)14(19)20-13-4-2-1-3-5-13;/h1-5,11-12H,6-10H2,(H4,16,17,18);1H/t11-,12-;. The van der Waals surface area contributed by atoms with Crippen molar-refractivity contribution < 1.29 is 9.53 Å². The van der Waals surface area contributed by atoms with Crippen LogP contribution in [0.3, 0.4) is 0 Å². The second-order valence-corrected chi connectivity index (χ2v) is 5.25. The Balaban J connectivity index is 0.00000220. The Hall–Kier alpha value is -1.75. The highest BCUT2D eigenvalue weighted by Crippen LogP contribution is 2.29. The molecule has 116 valence electrons. The average Bonchev–Trinajstić information content (AvgIpc) is 2.46. The fourth-order valence-corrected chi connectivity index (χ4v) is 2.54. The Morgan fingerprint density at radius 2 is 1.86 bits per heavy atom. The van der Waals surface area contributed by atoms with Crippen LogP contribution in [-0.4, -0.2) is 18.5 Å². The molecule has 5 nitrogen and oxygen atoms in total. The molecule has 1 aromatic carbocycles. The second-order valence-electron chi connectivity index (χ2n) is 5.25. The number of esters is 1. The number of benzene rings is 1. The Morgan fingerprint density at radius 3 is 2.43 bits per heavy atom. The summed E-state index contributed by atoms with van der Waals surface area (Å²) in [6.45, 7) is 0.718. The van der Waals surface area contributed by atoms with E-state index in [0.717, 1.165) is 32.2 Å². The summed E-state index contributed by atoms with van der Waals surface area (Å²) in [7, 11) is 0. The number of hydrogen-bond acceptors (Lipinski definition) is 3. The van der Waals surface area contributed by atoms with Gasteiger partial charge in [-0.2, -0.15) is 0 Å². The van der Waals surface area contributed by atoms with Gasteiger partial charge in [0.2, 0.25) is 0 Å². The fraction of sp³-hybridized carbons (Fsp3) is 0.467. The summed E-state index contributed by atoms with van der Waals surface area (Å²) < 4.78 is 5.38. The normalized spacial score (nSPS) is 21.0. The molecule has 1 aliphatic rings. The van der Waals surface area contributed by atoms with Crippen LogP contribution in [0.5, 0.6) is 5.75 Å².